The maximum atomic E-state index is 12.4. The van der Waals surface area contributed by atoms with Gasteiger partial charge in [0.15, 0.2) is 0 Å². The van der Waals surface area contributed by atoms with Crippen LogP contribution in [0.1, 0.15) is 32.8 Å². The van der Waals surface area contributed by atoms with E-state index in [4.69, 9.17) is 4.74 Å². The van der Waals surface area contributed by atoms with E-state index in [0.29, 0.717) is 43.7 Å². The lowest BCUT2D eigenvalue weighted by atomic mass is 10.2. The lowest BCUT2D eigenvalue weighted by molar-refractivity contribution is 0.146. The van der Waals surface area contributed by atoms with Crippen molar-refractivity contribution in [3.63, 3.8) is 0 Å². The molecule has 6 heteroatoms. The Morgan fingerprint density at radius 2 is 1.95 bits per heavy atom. The van der Waals surface area contributed by atoms with Gasteiger partial charge in [0.1, 0.15) is 0 Å². The van der Waals surface area contributed by atoms with E-state index in [1.54, 1.807) is 12.1 Å². The summed E-state index contributed by atoms with van der Waals surface area (Å²) in [6.45, 7) is 8.11. The molecule has 21 heavy (non-hydrogen) atoms. The molecule has 0 aromatic heterocycles. The Morgan fingerprint density at radius 1 is 1.24 bits per heavy atom. The van der Waals surface area contributed by atoms with Crippen LogP contribution in [0, 0.1) is 0 Å². The van der Waals surface area contributed by atoms with Crippen molar-refractivity contribution in [2.24, 2.45) is 0 Å². The predicted molar refractivity (Wildman–Crippen MR) is 84.7 cm³/mol. The van der Waals surface area contributed by atoms with Gasteiger partial charge in [-0.05, 0) is 25.0 Å². The zero-order valence-electron chi connectivity index (χ0n) is 13.1. The molecule has 0 aliphatic heterocycles. The third-order valence-electron chi connectivity index (χ3n) is 2.92. The first-order valence-electron chi connectivity index (χ1n) is 7.36. The molecule has 120 valence electrons. The lowest BCUT2D eigenvalue weighted by Crippen LogP contribution is -2.28. The zero-order valence-corrected chi connectivity index (χ0v) is 13.9. The molecule has 0 heterocycles. The van der Waals surface area contributed by atoms with Crippen LogP contribution >= 0.6 is 0 Å². The summed E-state index contributed by atoms with van der Waals surface area (Å²) in [6.07, 6.45) is 0.666. The number of ether oxygens (including phenoxy) is 1. The van der Waals surface area contributed by atoms with Gasteiger partial charge < -0.3 is 10.1 Å². The second-order valence-corrected chi connectivity index (χ2v) is 6.83. The van der Waals surface area contributed by atoms with Crippen molar-refractivity contribution in [3.8, 4) is 0 Å². The normalized spacial score (nSPS) is 12.0. The van der Waals surface area contributed by atoms with Gasteiger partial charge in [0.25, 0.3) is 0 Å². The number of sulfonamides is 1. The monoisotopic (exact) mass is 314 g/mol. The maximum Gasteiger partial charge on any atom is 0.240 e. The van der Waals surface area contributed by atoms with Crippen molar-refractivity contribution >= 4 is 10.0 Å². The fraction of sp³-hybridized carbons (Fsp3) is 0.600. The molecule has 0 aliphatic rings. The maximum absolute atomic E-state index is 12.4. The second kappa shape index (κ2) is 9.15. The molecule has 0 aliphatic carbocycles. The van der Waals surface area contributed by atoms with E-state index in [1.165, 1.54) is 0 Å². The Morgan fingerprint density at radius 3 is 2.62 bits per heavy atom. The van der Waals surface area contributed by atoms with Gasteiger partial charge in [0, 0.05) is 32.3 Å². The fourth-order valence-electron chi connectivity index (χ4n) is 1.83. The molecule has 1 aromatic carbocycles. The van der Waals surface area contributed by atoms with Crippen molar-refractivity contribution in [1.29, 1.82) is 0 Å². The highest BCUT2D eigenvalue weighted by molar-refractivity contribution is 7.89. The van der Waals surface area contributed by atoms with Gasteiger partial charge in [-0.3, -0.25) is 0 Å². The second-order valence-electron chi connectivity index (χ2n) is 5.09. The van der Waals surface area contributed by atoms with Crippen molar-refractivity contribution in [1.82, 2.24) is 10.0 Å². The molecule has 0 bridgehead atoms. The smallest absolute Gasteiger partial charge is 0.240 e. The van der Waals surface area contributed by atoms with Gasteiger partial charge in [-0.1, -0.05) is 32.0 Å². The Balaban J connectivity index is 2.69. The highest BCUT2D eigenvalue weighted by Gasteiger charge is 2.17. The topological polar surface area (TPSA) is 67.4 Å². The first-order valence-corrected chi connectivity index (χ1v) is 8.84. The minimum atomic E-state index is -3.47. The molecule has 0 amide bonds. The summed E-state index contributed by atoms with van der Waals surface area (Å²) in [4.78, 5) is 0.342. The summed E-state index contributed by atoms with van der Waals surface area (Å²) < 4.78 is 32.5. The first-order chi connectivity index (χ1) is 9.97. The van der Waals surface area contributed by atoms with Crippen LogP contribution in [0.4, 0.5) is 0 Å². The van der Waals surface area contributed by atoms with E-state index in [2.05, 4.69) is 10.0 Å². The summed E-state index contributed by atoms with van der Waals surface area (Å²) in [5, 5.41) is 3.25. The van der Waals surface area contributed by atoms with E-state index >= 15 is 0 Å². The highest BCUT2D eigenvalue weighted by atomic mass is 32.2. The highest BCUT2D eigenvalue weighted by Crippen LogP contribution is 2.15. The van der Waals surface area contributed by atoms with Crippen LogP contribution in [0.15, 0.2) is 29.2 Å². The van der Waals surface area contributed by atoms with Crippen LogP contribution in [0.3, 0.4) is 0 Å². The Hall–Kier alpha value is -0.950. The molecule has 1 rings (SSSR count). The third-order valence-corrected chi connectivity index (χ3v) is 4.49. The summed E-state index contributed by atoms with van der Waals surface area (Å²) >= 11 is 0. The number of rotatable bonds is 10. The van der Waals surface area contributed by atoms with Gasteiger partial charge in [0.2, 0.25) is 10.0 Å². The van der Waals surface area contributed by atoms with Crippen molar-refractivity contribution < 1.29 is 13.2 Å². The Kier molecular flexibility index (Phi) is 7.88. The molecule has 0 spiro atoms. The van der Waals surface area contributed by atoms with Crippen LogP contribution in [0.25, 0.3) is 0 Å². The van der Waals surface area contributed by atoms with Crippen LogP contribution in [0.5, 0.6) is 0 Å². The number of hydrogen-bond acceptors (Lipinski definition) is 4. The van der Waals surface area contributed by atoms with Gasteiger partial charge in [-0.2, -0.15) is 0 Å². The average molecular weight is 314 g/mol. The molecule has 0 fully saturated rings. The average Bonchev–Trinajstić information content (AvgIpc) is 2.45. The zero-order chi connectivity index (χ0) is 15.7. The molecule has 0 radical (unpaired) electrons. The van der Waals surface area contributed by atoms with Crippen LogP contribution in [0.2, 0.25) is 0 Å². The summed E-state index contributed by atoms with van der Waals surface area (Å²) in [5.74, 6) is 0. The molecule has 0 atom stereocenters. The molecule has 2 N–H and O–H groups in total. The molecule has 0 saturated heterocycles. The standard InChI is InChI=1S/C15H26N2O3S/c1-4-20-11-7-10-17-21(18,19)15-9-6-5-8-14(15)12-16-13(2)3/h5-6,8-9,13,16-17H,4,7,10-12H2,1-3H3. The van der Waals surface area contributed by atoms with E-state index < -0.39 is 10.0 Å². The SMILES string of the molecule is CCOCCCNS(=O)(=O)c1ccccc1CNC(C)C. The predicted octanol–water partition coefficient (Wildman–Crippen LogP) is 1.89. The lowest BCUT2D eigenvalue weighted by Gasteiger charge is -2.13. The van der Waals surface area contributed by atoms with Gasteiger partial charge in [0.05, 0.1) is 4.90 Å². The fourth-order valence-corrected chi connectivity index (χ4v) is 3.14. The summed E-state index contributed by atoms with van der Waals surface area (Å²) in [7, 11) is -3.47. The van der Waals surface area contributed by atoms with Crippen molar-refractivity contribution in [2.75, 3.05) is 19.8 Å². The van der Waals surface area contributed by atoms with Gasteiger partial charge in [-0.25, -0.2) is 13.1 Å². The van der Waals surface area contributed by atoms with Crippen molar-refractivity contribution in [2.45, 2.75) is 44.7 Å². The van der Waals surface area contributed by atoms with E-state index in [-0.39, 0.29) is 0 Å². The summed E-state index contributed by atoms with van der Waals surface area (Å²) in [6, 6.07) is 7.38. The number of nitrogens with one attached hydrogen (secondary N) is 2. The first kappa shape index (κ1) is 18.1. The van der Waals surface area contributed by atoms with E-state index in [0.717, 1.165) is 5.56 Å². The van der Waals surface area contributed by atoms with Gasteiger partial charge in [-0.15, -0.1) is 0 Å². The Bertz CT molecular complexity index is 515. The van der Waals surface area contributed by atoms with Crippen LogP contribution in [-0.2, 0) is 21.3 Å². The molecule has 0 unspecified atom stereocenters. The van der Waals surface area contributed by atoms with Crippen LogP contribution < -0.4 is 10.0 Å². The number of benzene rings is 1. The van der Waals surface area contributed by atoms with E-state index in [9.17, 15) is 8.42 Å². The third kappa shape index (κ3) is 6.56. The van der Waals surface area contributed by atoms with Crippen molar-refractivity contribution in [3.05, 3.63) is 29.8 Å². The molecule has 1 aromatic rings. The molecule has 5 nitrogen and oxygen atoms in total. The Labute approximate surface area is 128 Å². The molecule has 0 saturated carbocycles. The number of hydrogen-bond donors (Lipinski definition) is 2. The minimum Gasteiger partial charge on any atom is -0.382 e. The molecular formula is C15H26N2O3S. The van der Waals surface area contributed by atoms with Crippen LogP contribution in [-0.4, -0.2) is 34.2 Å². The largest absolute Gasteiger partial charge is 0.382 e. The van der Waals surface area contributed by atoms with E-state index in [1.807, 2.05) is 32.9 Å². The quantitative estimate of drug-likeness (QED) is 0.647. The summed E-state index contributed by atoms with van der Waals surface area (Å²) in [5.41, 5.74) is 0.781. The molecular weight excluding hydrogens is 288 g/mol. The minimum absolute atomic E-state index is 0.305. The van der Waals surface area contributed by atoms with Gasteiger partial charge >= 0.3 is 0 Å².